The van der Waals surface area contributed by atoms with Gasteiger partial charge in [0.15, 0.2) is 11.6 Å². The van der Waals surface area contributed by atoms with E-state index in [1.165, 1.54) is 29.2 Å². The first-order chi connectivity index (χ1) is 22.8. The molecule has 0 aliphatic rings. The second-order valence-electron chi connectivity index (χ2n) is 11.0. The third-order valence-corrected chi connectivity index (χ3v) is 8.22. The minimum atomic E-state index is -0.798. The zero-order chi connectivity index (χ0) is 32.9. The van der Waals surface area contributed by atoms with Crippen LogP contribution in [0.2, 0.25) is 0 Å². The maximum Gasteiger partial charge on any atom is 0.246 e. The molecule has 1 atom stereocenters. The molecule has 0 radical (unpaired) electrons. The van der Waals surface area contributed by atoms with E-state index in [1.807, 2.05) is 37.1 Å². The van der Waals surface area contributed by atoms with E-state index in [0.29, 0.717) is 40.5 Å². The average molecular weight is 698 g/mol. The molecule has 0 spiro atoms. The Kier molecular flexibility index (Phi) is 9.48. The smallest absolute Gasteiger partial charge is 0.246 e. The number of hydrogen-bond acceptors (Lipinski definition) is 6. The average Bonchev–Trinajstić information content (AvgIpc) is 3.74. The summed E-state index contributed by atoms with van der Waals surface area (Å²) in [4.78, 5) is 27.4. The van der Waals surface area contributed by atoms with Gasteiger partial charge in [0, 0.05) is 50.5 Å². The number of amides is 1. The molecule has 0 N–H and O–H groups in total. The van der Waals surface area contributed by atoms with Crippen LogP contribution in [0, 0.1) is 11.6 Å². The summed E-state index contributed by atoms with van der Waals surface area (Å²) in [6.07, 6.45) is 6.91. The second-order valence-corrected chi connectivity index (χ2v) is 11.8. The van der Waals surface area contributed by atoms with Gasteiger partial charge >= 0.3 is 0 Å². The zero-order valence-electron chi connectivity index (χ0n) is 25.7. The predicted octanol–water partition coefficient (Wildman–Crippen LogP) is 6.96. The molecule has 0 saturated carbocycles. The molecule has 6 aromatic rings. The molecular formula is C35H31BrF2N8O. The minimum absolute atomic E-state index is 0.313. The van der Waals surface area contributed by atoms with Gasteiger partial charge in [0.1, 0.15) is 22.1 Å². The highest BCUT2D eigenvalue weighted by molar-refractivity contribution is 9.10. The molecule has 0 bridgehead atoms. The summed E-state index contributed by atoms with van der Waals surface area (Å²) in [6.45, 7) is 3.56. The molecule has 1 unspecified atom stereocenters. The third-order valence-electron chi connectivity index (χ3n) is 7.75. The van der Waals surface area contributed by atoms with Gasteiger partial charge in [-0.2, -0.15) is 10.2 Å². The summed E-state index contributed by atoms with van der Waals surface area (Å²) in [5.41, 5.74) is 3.04. The molecule has 0 fully saturated rings. The van der Waals surface area contributed by atoms with Crippen LogP contribution in [-0.2, 0) is 17.9 Å². The monoisotopic (exact) mass is 696 g/mol. The van der Waals surface area contributed by atoms with E-state index >= 15 is 0 Å². The van der Waals surface area contributed by atoms with Crippen molar-refractivity contribution in [3.63, 3.8) is 0 Å². The molecular weight excluding hydrogens is 666 g/mol. The maximum atomic E-state index is 14.9. The van der Waals surface area contributed by atoms with Crippen LogP contribution in [-0.4, -0.2) is 49.0 Å². The number of hydrogen-bond donors (Lipinski definition) is 0. The molecule has 9 nitrogen and oxygen atoms in total. The van der Waals surface area contributed by atoms with E-state index in [-0.39, 0.29) is 17.5 Å². The Morgan fingerprint density at radius 3 is 1.68 bits per heavy atom. The fourth-order valence-corrected chi connectivity index (χ4v) is 5.37. The van der Waals surface area contributed by atoms with Crippen molar-refractivity contribution >= 4 is 39.3 Å². The highest BCUT2D eigenvalue weighted by atomic mass is 79.9. The van der Waals surface area contributed by atoms with Gasteiger partial charge in [-0.3, -0.25) is 14.2 Å². The fourth-order valence-electron chi connectivity index (χ4n) is 5.13. The van der Waals surface area contributed by atoms with E-state index in [9.17, 15) is 13.6 Å². The van der Waals surface area contributed by atoms with Gasteiger partial charge in [-0.15, -0.1) is 0 Å². The Morgan fingerprint density at radius 2 is 1.23 bits per heavy atom. The van der Waals surface area contributed by atoms with Crippen molar-refractivity contribution < 1.29 is 13.6 Å². The van der Waals surface area contributed by atoms with Crippen molar-refractivity contribution in [2.75, 3.05) is 23.4 Å². The second kappa shape index (κ2) is 14.0. The quantitative estimate of drug-likeness (QED) is 0.136. The van der Waals surface area contributed by atoms with Crippen molar-refractivity contribution in [1.29, 1.82) is 0 Å². The lowest BCUT2D eigenvalue weighted by Gasteiger charge is -2.25. The summed E-state index contributed by atoms with van der Waals surface area (Å²) in [5, 5.41) is 9.51. The van der Waals surface area contributed by atoms with Crippen LogP contribution in [0.1, 0.15) is 35.1 Å². The van der Waals surface area contributed by atoms with Crippen molar-refractivity contribution in [2.45, 2.75) is 25.9 Å². The first-order valence-corrected chi connectivity index (χ1v) is 15.7. The van der Waals surface area contributed by atoms with Crippen LogP contribution in [0.25, 0.3) is 0 Å². The molecule has 2 aromatic carbocycles. The van der Waals surface area contributed by atoms with E-state index in [0.717, 1.165) is 23.5 Å². The topological polar surface area (TPSA) is 85.0 Å². The lowest BCUT2D eigenvalue weighted by Crippen LogP contribution is -2.33. The molecule has 238 valence electrons. The summed E-state index contributed by atoms with van der Waals surface area (Å²) >= 11 is 3.40. The number of carbonyl (C=O) groups excluding carboxylic acids is 1. The standard InChI is InChI=1S/C35H31BrF2N8O/c1-3-43(2)31-15-9-27(21-40-31)34(26-8-14-30(36)39-20-26)35(47)46(32-16-18-44(41-32)22-24-4-10-28(37)11-5-24)33-17-19-45(42-33)23-25-6-12-29(38)13-7-25/h4-21,34H,3,22-23H2,1-2H3. The first-order valence-electron chi connectivity index (χ1n) is 15.0. The number of carbonyl (C=O) groups is 1. The third kappa shape index (κ3) is 7.44. The van der Waals surface area contributed by atoms with Gasteiger partial charge in [-0.1, -0.05) is 36.4 Å². The number of rotatable bonds is 11. The largest absolute Gasteiger partial charge is 0.360 e. The Bertz CT molecular complexity index is 1860. The Morgan fingerprint density at radius 1 is 0.723 bits per heavy atom. The fraction of sp³-hybridized carbons (Fsp3) is 0.171. The maximum absolute atomic E-state index is 14.9. The van der Waals surface area contributed by atoms with Crippen LogP contribution < -0.4 is 9.80 Å². The van der Waals surface area contributed by atoms with Crippen molar-refractivity contribution in [1.82, 2.24) is 29.5 Å². The predicted molar refractivity (Wildman–Crippen MR) is 180 cm³/mol. The number of nitrogens with zero attached hydrogens (tertiary/aromatic N) is 8. The lowest BCUT2D eigenvalue weighted by molar-refractivity contribution is -0.118. The molecule has 0 saturated heterocycles. The summed E-state index contributed by atoms with van der Waals surface area (Å²) in [6, 6.07) is 23.3. The van der Waals surface area contributed by atoms with Crippen LogP contribution in [0.5, 0.6) is 0 Å². The summed E-state index contributed by atoms with van der Waals surface area (Å²) < 4.78 is 31.1. The number of pyridine rings is 2. The van der Waals surface area contributed by atoms with Crippen LogP contribution in [0.15, 0.2) is 114 Å². The van der Waals surface area contributed by atoms with Gasteiger partial charge in [0.2, 0.25) is 5.91 Å². The van der Waals surface area contributed by atoms with Crippen molar-refractivity contribution in [2.24, 2.45) is 0 Å². The summed E-state index contributed by atoms with van der Waals surface area (Å²) in [5.74, 6) is -0.253. The highest BCUT2D eigenvalue weighted by Gasteiger charge is 2.33. The van der Waals surface area contributed by atoms with Crippen LogP contribution >= 0.6 is 15.9 Å². The normalized spacial score (nSPS) is 11.8. The van der Waals surface area contributed by atoms with Crippen LogP contribution in [0.3, 0.4) is 0 Å². The zero-order valence-corrected chi connectivity index (χ0v) is 27.3. The van der Waals surface area contributed by atoms with Crippen molar-refractivity contribution in [3.05, 3.63) is 148 Å². The van der Waals surface area contributed by atoms with Gasteiger partial charge in [0.05, 0.1) is 19.0 Å². The highest BCUT2D eigenvalue weighted by Crippen LogP contribution is 2.33. The van der Waals surface area contributed by atoms with Gasteiger partial charge < -0.3 is 4.90 Å². The van der Waals surface area contributed by atoms with Gasteiger partial charge in [-0.25, -0.2) is 23.6 Å². The Labute approximate surface area is 279 Å². The number of anilines is 3. The number of halogens is 3. The molecule has 4 aromatic heterocycles. The van der Waals surface area contributed by atoms with Gasteiger partial charge in [-0.05, 0) is 81.5 Å². The van der Waals surface area contributed by atoms with E-state index in [2.05, 4.69) is 25.9 Å². The molecule has 0 aliphatic heterocycles. The number of benzene rings is 2. The molecule has 12 heteroatoms. The summed E-state index contributed by atoms with van der Waals surface area (Å²) in [7, 11) is 1.95. The molecule has 6 rings (SSSR count). The molecule has 1 amide bonds. The van der Waals surface area contributed by atoms with Gasteiger partial charge in [0.25, 0.3) is 0 Å². The van der Waals surface area contributed by atoms with E-state index < -0.39 is 5.92 Å². The SMILES string of the molecule is CCN(C)c1ccc(C(C(=O)N(c2ccn(Cc3ccc(F)cc3)n2)c2ccn(Cc3ccc(F)cc3)n2)c2ccc(Br)nc2)cn1. The minimum Gasteiger partial charge on any atom is -0.360 e. The Hall–Kier alpha value is -5.23. The van der Waals surface area contributed by atoms with Crippen molar-refractivity contribution in [3.8, 4) is 0 Å². The van der Waals surface area contributed by atoms with Crippen LogP contribution in [0.4, 0.5) is 26.2 Å². The first kappa shape index (κ1) is 31.7. The van der Waals surface area contributed by atoms with E-state index in [4.69, 9.17) is 10.2 Å². The molecule has 47 heavy (non-hydrogen) atoms. The molecule has 0 aliphatic carbocycles. The molecule has 4 heterocycles. The Balaban J connectivity index is 1.40. The van der Waals surface area contributed by atoms with E-state index in [1.54, 1.807) is 76.6 Å². The number of aromatic nitrogens is 6. The lowest BCUT2D eigenvalue weighted by atomic mass is 9.92.